The lowest BCUT2D eigenvalue weighted by atomic mass is 10.1. The molecule has 1 amide bonds. The fourth-order valence-corrected chi connectivity index (χ4v) is 1.71. The molecule has 0 atom stereocenters. The molecule has 0 unspecified atom stereocenters. The van der Waals surface area contributed by atoms with E-state index in [1.54, 1.807) is 4.90 Å². The second kappa shape index (κ2) is 5.32. The van der Waals surface area contributed by atoms with E-state index in [2.05, 4.69) is 10.2 Å². The van der Waals surface area contributed by atoms with Crippen molar-refractivity contribution in [2.45, 2.75) is 18.9 Å². The zero-order valence-corrected chi connectivity index (χ0v) is 9.42. The zero-order chi connectivity index (χ0) is 10.6. The Morgan fingerprint density at radius 2 is 2.00 bits per heavy atom. The lowest BCUT2D eigenvalue weighted by Crippen LogP contribution is -2.45. The van der Waals surface area contributed by atoms with Crippen LogP contribution in [0, 0.1) is 0 Å². The van der Waals surface area contributed by atoms with Gasteiger partial charge in [0.25, 0.3) is 0 Å². The normalized spacial score (nSPS) is 19.6. The Balaban J connectivity index is 2.25. The van der Waals surface area contributed by atoms with Gasteiger partial charge in [0, 0.05) is 33.2 Å². The first-order chi connectivity index (χ1) is 6.63. The molecular weight excluding hydrogens is 178 g/mol. The highest BCUT2D eigenvalue weighted by atomic mass is 16.2. The lowest BCUT2D eigenvalue weighted by molar-refractivity contribution is -0.130. The number of carbonyl (C=O) groups excluding carboxylic acids is 1. The van der Waals surface area contributed by atoms with Gasteiger partial charge in [-0.15, -0.1) is 0 Å². The van der Waals surface area contributed by atoms with Crippen molar-refractivity contribution < 1.29 is 4.79 Å². The van der Waals surface area contributed by atoms with Crippen LogP contribution in [0.1, 0.15) is 12.8 Å². The molecular formula is C10H21N3O. The maximum absolute atomic E-state index is 11.4. The van der Waals surface area contributed by atoms with Crippen molar-refractivity contribution in [1.29, 1.82) is 0 Å². The number of carbonyl (C=O) groups is 1. The highest BCUT2D eigenvalue weighted by Gasteiger charge is 2.19. The fourth-order valence-electron chi connectivity index (χ4n) is 1.71. The minimum Gasteiger partial charge on any atom is -0.348 e. The van der Waals surface area contributed by atoms with E-state index in [0.717, 1.165) is 25.9 Å². The summed E-state index contributed by atoms with van der Waals surface area (Å²) >= 11 is 0. The second-order valence-electron chi connectivity index (χ2n) is 4.13. The molecule has 0 aromatic heterocycles. The predicted molar refractivity (Wildman–Crippen MR) is 57.2 cm³/mol. The van der Waals surface area contributed by atoms with Crippen molar-refractivity contribution in [1.82, 2.24) is 15.1 Å². The predicted octanol–water partition coefficient (Wildman–Crippen LogP) is -0.242. The van der Waals surface area contributed by atoms with Gasteiger partial charge in [0.1, 0.15) is 0 Å². The summed E-state index contributed by atoms with van der Waals surface area (Å²) in [6.07, 6.45) is 2.30. The number of likely N-dealkylation sites (N-methyl/N-ethyl adjacent to an activating group) is 1. The molecule has 82 valence electrons. The molecule has 1 fully saturated rings. The van der Waals surface area contributed by atoms with E-state index in [0.29, 0.717) is 12.6 Å². The number of nitrogens with one attached hydrogen (secondary N) is 1. The molecule has 0 radical (unpaired) electrons. The van der Waals surface area contributed by atoms with Gasteiger partial charge in [-0.05, 0) is 19.9 Å². The minimum absolute atomic E-state index is 0.202. The van der Waals surface area contributed by atoms with Crippen LogP contribution in [0.15, 0.2) is 0 Å². The second-order valence-corrected chi connectivity index (χ2v) is 4.13. The van der Waals surface area contributed by atoms with Gasteiger partial charge in [-0.25, -0.2) is 0 Å². The molecule has 0 bridgehead atoms. The van der Waals surface area contributed by atoms with Crippen LogP contribution in [-0.2, 0) is 4.79 Å². The smallest absolute Gasteiger partial charge is 0.236 e. The highest BCUT2D eigenvalue weighted by Crippen LogP contribution is 2.09. The molecule has 1 aliphatic heterocycles. The van der Waals surface area contributed by atoms with Crippen molar-refractivity contribution in [2.75, 3.05) is 40.8 Å². The summed E-state index contributed by atoms with van der Waals surface area (Å²) < 4.78 is 0. The molecule has 0 aliphatic carbocycles. The zero-order valence-electron chi connectivity index (χ0n) is 9.42. The third kappa shape index (κ3) is 3.27. The molecule has 1 saturated heterocycles. The molecule has 1 aliphatic rings. The monoisotopic (exact) mass is 199 g/mol. The Morgan fingerprint density at radius 1 is 1.43 bits per heavy atom. The van der Waals surface area contributed by atoms with E-state index in [1.807, 2.05) is 21.1 Å². The van der Waals surface area contributed by atoms with E-state index in [9.17, 15) is 4.79 Å². The number of hydrogen-bond acceptors (Lipinski definition) is 3. The number of piperidine rings is 1. The SMILES string of the molecule is CNC1CCN(CC(=O)N(C)C)CC1. The standard InChI is InChI=1S/C10H21N3O/c1-11-9-4-6-13(7-5-9)8-10(14)12(2)3/h9,11H,4-8H2,1-3H3. The Hall–Kier alpha value is -0.610. The fraction of sp³-hybridized carbons (Fsp3) is 0.900. The molecule has 14 heavy (non-hydrogen) atoms. The Labute approximate surface area is 86.2 Å². The highest BCUT2D eigenvalue weighted by molar-refractivity contribution is 5.77. The average molecular weight is 199 g/mol. The summed E-state index contributed by atoms with van der Waals surface area (Å²) in [5, 5.41) is 3.28. The van der Waals surface area contributed by atoms with Crippen molar-refractivity contribution in [3.05, 3.63) is 0 Å². The molecule has 0 aromatic carbocycles. The summed E-state index contributed by atoms with van der Waals surface area (Å²) in [5.41, 5.74) is 0. The van der Waals surface area contributed by atoms with Crippen molar-refractivity contribution in [2.24, 2.45) is 0 Å². The van der Waals surface area contributed by atoms with Gasteiger partial charge >= 0.3 is 0 Å². The third-order valence-corrected chi connectivity index (χ3v) is 2.85. The summed E-state index contributed by atoms with van der Waals surface area (Å²) in [6.45, 7) is 2.64. The first kappa shape index (κ1) is 11.5. The van der Waals surface area contributed by atoms with Crippen LogP contribution in [0.2, 0.25) is 0 Å². The molecule has 0 spiro atoms. The third-order valence-electron chi connectivity index (χ3n) is 2.85. The van der Waals surface area contributed by atoms with Gasteiger partial charge in [-0.2, -0.15) is 0 Å². The first-order valence-corrected chi connectivity index (χ1v) is 5.23. The number of rotatable bonds is 3. The van der Waals surface area contributed by atoms with Crippen LogP contribution < -0.4 is 5.32 Å². The van der Waals surface area contributed by atoms with E-state index in [1.165, 1.54) is 0 Å². The van der Waals surface area contributed by atoms with Crippen molar-refractivity contribution >= 4 is 5.91 Å². The number of hydrogen-bond donors (Lipinski definition) is 1. The largest absolute Gasteiger partial charge is 0.348 e. The van der Waals surface area contributed by atoms with Gasteiger partial charge in [0.05, 0.1) is 6.54 Å². The molecule has 1 heterocycles. The maximum atomic E-state index is 11.4. The van der Waals surface area contributed by atoms with Crippen LogP contribution in [0.4, 0.5) is 0 Å². The Morgan fingerprint density at radius 3 is 2.43 bits per heavy atom. The summed E-state index contributed by atoms with van der Waals surface area (Å²) in [6, 6.07) is 0.640. The van der Waals surface area contributed by atoms with Gasteiger partial charge in [0.15, 0.2) is 0 Å². The van der Waals surface area contributed by atoms with E-state index in [4.69, 9.17) is 0 Å². The molecule has 4 nitrogen and oxygen atoms in total. The average Bonchev–Trinajstić information content (AvgIpc) is 2.19. The number of likely N-dealkylation sites (tertiary alicyclic amines) is 1. The van der Waals surface area contributed by atoms with Crippen LogP contribution in [0.5, 0.6) is 0 Å². The molecule has 4 heteroatoms. The number of amides is 1. The summed E-state index contributed by atoms with van der Waals surface area (Å²) in [7, 11) is 5.62. The molecule has 0 saturated carbocycles. The van der Waals surface area contributed by atoms with Crippen LogP contribution in [0.3, 0.4) is 0 Å². The Kier molecular flexibility index (Phi) is 4.35. The number of nitrogens with zero attached hydrogens (tertiary/aromatic N) is 2. The quantitative estimate of drug-likeness (QED) is 0.681. The molecule has 0 aromatic rings. The van der Waals surface area contributed by atoms with E-state index in [-0.39, 0.29) is 5.91 Å². The van der Waals surface area contributed by atoms with Crippen molar-refractivity contribution in [3.8, 4) is 0 Å². The van der Waals surface area contributed by atoms with Gasteiger partial charge in [-0.3, -0.25) is 9.69 Å². The topological polar surface area (TPSA) is 35.6 Å². The summed E-state index contributed by atoms with van der Waals surface area (Å²) in [5.74, 6) is 0.202. The minimum atomic E-state index is 0.202. The Bertz CT molecular complexity index is 186. The van der Waals surface area contributed by atoms with Gasteiger partial charge < -0.3 is 10.2 Å². The molecule has 1 N–H and O–H groups in total. The van der Waals surface area contributed by atoms with Crippen LogP contribution in [-0.4, -0.2) is 62.5 Å². The molecule has 1 rings (SSSR count). The van der Waals surface area contributed by atoms with Gasteiger partial charge in [-0.1, -0.05) is 0 Å². The van der Waals surface area contributed by atoms with E-state index < -0.39 is 0 Å². The summed E-state index contributed by atoms with van der Waals surface area (Å²) in [4.78, 5) is 15.3. The van der Waals surface area contributed by atoms with Crippen LogP contribution >= 0.6 is 0 Å². The van der Waals surface area contributed by atoms with Gasteiger partial charge in [0.2, 0.25) is 5.91 Å². The maximum Gasteiger partial charge on any atom is 0.236 e. The van der Waals surface area contributed by atoms with Crippen LogP contribution in [0.25, 0.3) is 0 Å². The first-order valence-electron chi connectivity index (χ1n) is 5.23. The lowest BCUT2D eigenvalue weighted by Gasteiger charge is -2.31. The van der Waals surface area contributed by atoms with E-state index >= 15 is 0 Å². The van der Waals surface area contributed by atoms with Crippen molar-refractivity contribution in [3.63, 3.8) is 0 Å².